The van der Waals surface area contributed by atoms with Gasteiger partial charge in [0, 0.05) is 19.6 Å². The van der Waals surface area contributed by atoms with E-state index in [1.807, 2.05) is 0 Å². The maximum absolute atomic E-state index is 13.9. The van der Waals surface area contributed by atoms with E-state index < -0.39 is 33.3 Å². The van der Waals surface area contributed by atoms with Crippen molar-refractivity contribution in [3.05, 3.63) is 42.2 Å². The zero-order chi connectivity index (χ0) is 20.6. The van der Waals surface area contributed by atoms with Crippen LogP contribution in [0.5, 0.6) is 0 Å². The Hall–Kier alpha value is -2.26. The first kappa shape index (κ1) is 22.0. The van der Waals surface area contributed by atoms with Crippen molar-refractivity contribution in [1.29, 1.82) is 0 Å². The fourth-order valence-corrected chi connectivity index (χ4v) is 3.98. The van der Waals surface area contributed by atoms with Crippen molar-refractivity contribution in [3.8, 4) is 0 Å². The predicted octanol–water partition coefficient (Wildman–Crippen LogP) is 2.24. The van der Waals surface area contributed by atoms with Crippen molar-refractivity contribution in [1.82, 2.24) is 9.62 Å². The number of nitrogens with one attached hydrogen (secondary N) is 1. The minimum Gasteiger partial charge on any atom is -0.452 e. The van der Waals surface area contributed by atoms with Crippen molar-refractivity contribution in [3.63, 3.8) is 0 Å². The molecule has 1 aromatic carbocycles. The zero-order valence-electron chi connectivity index (χ0n) is 15.7. The summed E-state index contributed by atoms with van der Waals surface area (Å²) in [6.07, 6.45) is 6.43. The van der Waals surface area contributed by atoms with E-state index in [-0.39, 0.29) is 18.0 Å². The van der Waals surface area contributed by atoms with Gasteiger partial charge in [-0.1, -0.05) is 25.3 Å². The molecule has 0 radical (unpaired) electrons. The largest absolute Gasteiger partial charge is 0.452 e. The number of esters is 1. The fraction of sp³-hybridized carbons (Fsp3) is 0.474. The third-order valence-corrected chi connectivity index (χ3v) is 5.85. The van der Waals surface area contributed by atoms with Gasteiger partial charge >= 0.3 is 5.97 Å². The minimum atomic E-state index is -4.14. The van der Waals surface area contributed by atoms with Crippen molar-refractivity contribution >= 4 is 21.9 Å². The highest BCUT2D eigenvalue weighted by Gasteiger charge is 2.22. The summed E-state index contributed by atoms with van der Waals surface area (Å²) < 4.78 is 45.3. The van der Waals surface area contributed by atoms with Crippen LogP contribution in [-0.4, -0.2) is 51.4 Å². The van der Waals surface area contributed by atoms with Crippen LogP contribution in [0.15, 0.2) is 35.7 Å². The summed E-state index contributed by atoms with van der Waals surface area (Å²) in [6, 6.07) is 2.88. The van der Waals surface area contributed by atoms with Gasteiger partial charge in [-0.3, -0.25) is 4.79 Å². The minimum absolute atomic E-state index is 0.0826. The second-order valence-electron chi connectivity index (χ2n) is 6.51. The molecule has 1 aliphatic rings. The number of likely N-dealkylation sites (tertiary alicyclic amines) is 1. The third-order valence-electron chi connectivity index (χ3n) is 4.41. The molecule has 0 aliphatic carbocycles. The maximum Gasteiger partial charge on any atom is 0.338 e. The van der Waals surface area contributed by atoms with Gasteiger partial charge in [0.15, 0.2) is 6.61 Å². The Morgan fingerprint density at radius 1 is 1.18 bits per heavy atom. The first-order valence-electron chi connectivity index (χ1n) is 9.20. The highest BCUT2D eigenvalue weighted by atomic mass is 32.2. The highest BCUT2D eigenvalue weighted by molar-refractivity contribution is 7.89. The first-order chi connectivity index (χ1) is 13.3. The molecule has 1 aromatic rings. The lowest BCUT2D eigenvalue weighted by atomic mass is 10.1. The molecule has 0 bridgehead atoms. The number of hydrogen-bond acceptors (Lipinski definition) is 5. The van der Waals surface area contributed by atoms with Crippen LogP contribution in [0, 0.1) is 5.82 Å². The van der Waals surface area contributed by atoms with Gasteiger partial charge in [-0.15, -0.1) is 6.58 Å². The number of hydrogen-bond donors (Lipinski definition) is 1. The van der Waals surface area contributed by atoms with Crippen molar-refractivity contribution in [2.75, 3.05) is 26.2 Å². The van der Waals surface area contributed by atoms with Gasteiger partial charge in [0.1, 0.15) is 10.7 Å². The molecule has 0 atom stereocenters. The molecule has 0 aromatic heterocycles. The summed E-state index contributed by atoms with van der Waals surface area (Å²) in [5.41, 5.74) is -0.152. The summed E-state index contributed by atoms with van der Waals surface area (Å²) >= 11 is 0. The topological polar surface area (TPSA) is 92.8 Å². The lowest BCUT2D eigenvalue weighted by molar-refractivity contribution is -0.134. The number of nitrogens with zero attached hydrogens (tertiary/aromatic N) is 1. The Kier molecular flexibility index (Phi) is 8.13. The van der Waals surface area contributed by atoms with Crippen molar-refractivity contribution < 1.29 is 27.1 Å². The molecule has 154 valence electrons. The number of benzene rings is 1. The summed E-state index contributed by atoms with van der Waals surface area (Å²) in [5.74, 6) is -2.18. The lowest BCUT2D eigenvalue weighted by Gasteiger charge is -2.24. The molecule has 1 amide bonds. The van der Waals surface area contributed by atoms with Crippen LogP contribution in [0.3, 0.4) is 0 Å². The Morgan fingerprint density at radius 3 is 2.46 bits per heavy atom. The number of ether oxygens (including phenoxy) is 1. The molecule has 0 unspecified atom stereocenters. The molecule has 1 heterocycles. The molecule has 28 heavy (non-hydrogen) atoms. The van der Waals surface area contributed by atoms with E-state index in [9.17, 15) is 22.4 Å². The standard InChI is InChI=1S/C19H25FN2O5S/c1-2-10-21-28(25,26)17-13-15(8-9-16(17)20)19(24)27-14-18(23)22-11-6-4-3-5-7-12-22/h2,8-9,13,21H,1,3-7,10-12,14H2. The van der Waals surface area contributed by atoms with Gasteiger partial charge < -0.3 is 9.64 Å². The van der Waals surface area contributed by atoms with Crippen LogP contribution in [-0.2, 0) is 19.6 Å². The van der Waals surface area contributed by atoms with E-state index in [4.69, 9.17) is 4.74 Å². The van der Waals surface area contributed by atoms with Gasteiger partial charge in [0.05, 0.1) is 5.56 Å². The lowest BCUT2D eigenvalue weighted by Crippen LogP contribution is -2.37. The summed E-state index contributed by atoms with van der Waals surface area (Å²) in [5, 5.41) is 0. The average molecular weight is 412 g/mol. The number of carbonyl (C=O) groups is 2. The smallest absolute Gasteiger partial charge is 0.338 e. The number of rotatable bonds is 7. The van der Waals surface area contributed by atoms with Gasteiger partial charge in [0.2, 0.25) is 10.0 Å². The Balaban J connectivity index is 2.03. The second-order valence-corrected chi connectivity index (χ2v) is 8.25. The van der Waals surface area contributed by atoms with E-state index in [1.165, 1.54) is 6.08 Å². The Labute approximate surface area is 164 Å². The SMILES string of the molecule is C=CCNS(=O)(=O)c1cc(C(=O)OCC(=O)N2CCCCCCC2)ccc1F. The maximum atomic E-state index is 13.9. The van der Waals surface area contributed by atoms with Gasteiger partial charge in [-0.2, -0.15) is 0 Å². The van der Waals surface area contributed by atoms with Crippen LogP contribution in [0.4, 0.5) is 4.39 Å². The van der Waals surface area contributed by atoms with Gasteiger partial charge in [0.25, 0.3) is 5.91 Å². The van der Waals surface area contributed by atoms with E-state index in [0.29, 0.717) is 13.1 Å². The second kappa shape index (κ2) is 10.3. The van der Waals surface area contributed by atoms with Gasteiger partial charge in [-0.25, -0.2) is 22.3 Å². The van der Waals surface area contributed by atoms with E-state index in [1.54, 1.807) is 4.90 Å². The molecule has 1 fully saturated rings. The highest BCUT2D eigenvalue weighted by Crippen LogP contribution is 2.17. The summed E-state index contributed by atoms with van der Waals surface area (Å²) in [7, 11) is -4.14. The zero-order valence-corrected chi connectivity index (χ0v) is 16.5. The van der Waals surface area contributed by atoms with Crippen molar-refractivity contribution in [2.45, 2.75) is 37.0 Å². The number of carbonyl (C=O) groups excluding carboxylic acids is 2. The van der Waals surface area contributed by atoms with Gasteiger partial charge in [-0.05, 0) is 31.0 Å². The van der Waals surface area contributed by atoms with Crippen LogP contribution < -0.4 is 4.72 Å². The average Bonchev–Trinajstić information content (AvgIpc) is 2.64. The summed E-state index contributed by atoms with van der Waals surface area (Å²) in [6.45, 7) is 4.12. The van der Waals surface area contributed by atoms with Crippen LogP contribution >= 0.6 is 0 Å². The molecule has 2 rings (SSSR count). The summed E-state index contributed by atoms with van der Waals surface area (Å²) in [4.78, 5) is 25.5. The van der Waals surface area contributed by atoms with Crippen molar-refractivity contribution in [2.24, 2.45) is 0 Å². The van der Waals surface area contributed by atoms with Crippen LogP contribution in [0.1, 0.15) is 42.5 Å². The molecule has 0 saturated carbocycles. The monoisotopic (exact) mass is 412 g/mol. The molecule has 1 aliphatic heterocycles. The molecular formula is C19H25FN2O5S. The molecule has 0 spiro atoms. The number of sulfonamides is 1. The first-order valence-corrected chi connectivity index (χ1v) is 10.7. The fourth-order valence-electron chi connectivity index (χ4n) is 2.88. The third kappa shape index (κ3) is 6.13. The molecule has 7 nitrogen and oxygen atoms in total. The molecule has 1 saturated heterocycles. The number of amides is 1. The Bertz CT molecular complexity index is 818. The number of halogens is 1. The van der Waals surface area contributed by atoms with E-state index in [0.717, 1.165) is 50.3 Å². The molecular weight excluding hydrogens is 387 g/mol. The molecule has 1 N–H and O–H groups in total. The van der Waals surface area contributed by atoms with E-state index >= 15 is 0 Å². The quantitative estimate of drug-likeness (QED) is 0.548. The van der Waals surface area contributed by atoms with Crippen LogP contribution in [0.2, 0.25) is 0 Å². The Morgan fingerprint density at radius 2 is 1.82 bits per heavy atom. The molecule has 9 heteroatoms. The predicted molar refractivity (Wildman–Crippen MR) is 102 cm³/mol. The normalized spacial score (nSPS) is 15.4. The van der Waals surface area contributed by atoms with Crippen LogP contribution in [0.25, 0.3) is 0 Å². The van der Waals surface area contributed by atoms with E-state index in [2.05, 4.69) is 11.3 Å².